The van der Waals surface area contributed by atoms with Crippen LogP contribution in [0.4, 0.5) is 0 Å². The van der Waals surface area contributed by atoms with Crippen LogP contribution in [-0.2, 0) is 9.47 Å². The summed E-state index contributed by atoms with van der Waals surface area (Å²) in [5, 5.41) is 22.9. The molecule has 1 aromatic carbocycles. The summed E-state index contributed by atoms with van der Waals surface area (Å²) in [7, 11) is 0. The molecule has 0 spiro atoms. The maximum Gasteiger partial charge on any atom is 0.338 e. The number of carbonyl (C=O) groups excluding carboxylic acids is 1. The minimum absolute atomic E-state index is 0.177. The molecule has 0 bridgehead atoms. The van der Waals surface area contributed by atoms with Crippen molar-refractivity contribution in [3.8, 4) is 0 Å². The van der Waals surface area contributed by atoms with Crippen LogP contribution in [0.25, 0.3) is 10.4 Å². The molecule has 1 fully saturated rings. The van der Waals surface area contributed by atoms with Crippen molar-refractivity contribution in [2.75, 3.05) is 6.54 Å². The van der Waals surface area contributed by atoms with Gasteiger partial charge in [-0.05, 0) is 24.6 Å². The van der Waals surface area contributed by atoms with Crippen molar-refractivity contribution in [1.29, 1.82) is 0 Å². The Balaban J connectivity index is 2.21. The lowest BCUT2D eigenvalue weighted by Gasteiger charge is -2.31. The summed E-state index contributed by atoms with van der Waals surface area (Å²) in [6, 6.07) is 8.22. The number of hydrogen-bond donors (Lipinski definition) is 2. The van der Waals surface area contributed by atoms with E-state index in [1.807, 2.05) is 0 Å². The molecule has 0 saturated carbocycles. The van der Waals surface area contributed by atoms with E-state index in [1.165, 1.54) is 6.92 Å². The molecule has 1 aliphatic rings. The molecule has 2 N–H and O–H groups in total. The number of aliphatic hydroxyl groups excluding tert-OH is 2. The van der Waals surface area contributed by atoms with Gasteiger partial charge in [-0.1, -0.05) is 23.3 Å². The van der Waals surface area contributed by atoms with E-state index in [0.717, 1.165) is 0 Å². The van der Waals surface area contributed by atoms with Crippen LogP contribution in [0.1, 0.15) is 17.3 Å². The fraction of sp³-hybridized carbons (Fsp3) is 0.462. The molecule has 0 radical (unpaired) electrons. The first-order valence-corrected chi connectivity index (χ1v) is 6.30. The third-order valence-corrected chi connectivity index (χ3v) is 3.43. The van der Waals surface area contributed by atoms with Gasteiger partial charge in [0.1, 0.15) is 12.2 Å². The second-order valence-electron chi connectivity index (χ2n) is 4.81. The number of hydrogen-bond acceptors (Lipinski definition) is 6. The lowest BCUT2D eigenvalue weighted by Crippen LogP contribution is -2.50. The normalized spacial score (nSPS) is 31.5. The molecule has 0 amide bonds. The summed E-state index contributed by atoms with van der Waals surface area (Å²) in [6.07, 6.45) is -3.90. The molecule has 21 heavy (non-hydrogen) atoms. The molecule has 2 rings (SSSR count). The molecule has 1 aliphatic heterocycles. The SMILES string of the molecule is C[C@]1(OC(=O)c2ccccc2)[C@@H](CN=[N+]=[N-])O[C@H](O)[C@@H]1O. The maximum absolute atomic E-state index is 12.1. The molecule has 8 nitrogen and oxygen atoms in total. The monoisotopic (exact) mass is 293 g/mol. The zero-order valence-electron chi connectivity index (χ0n) is 11.3. The molecular weight excluding hydrogens is 278 g/mol. The number of azide groups is 1. The zero-order chi connectivity index (χ0) is 15.5. The average Bonchev–Trinajstić information content (AvgIpc) is 2.70. The number of rotatable bonds is 4. The first kappa shape index (κ1) is 15.3. The lowest BCUT2D eigenvalue weighted by atomic mass is 9.94. The van der Waals surface area contributed by atoms with E-state index in [-0.39, 0.29) is 6.54 Å². The number of esters is 1. The Hall–Kier alpha value is -2.12. The molecule has 0 aromatic heterocycles. The third kappa shape index (κ3) is 2.98. The fourth-order valence-corrected chi connectivity index (χ4v) is 2.15. The minimum Gasteiger partial charge on any atom is -0.450 e. The molecule has 8 heteroatoms. The largest absolute Gasteiger partial charge is 0.450 e. The van der Waals surface area contributed by atoms with E-state index >= 15 is 0 Å². The van der Waals surface area contributed by atoms with Gasteiger partial charge in [-0.15, -0.1) is 0 Å². The summed E-state index contributed by atoms with van der Waals surface area (Å²) in [4.78, 5) is 14.7. The van der Waals surface area contributed by atoms with E-state index in [1.54, 1.807) is 30.3 Å². The van der Waals surface area contributed by atoms with Crippen LogP contribution in [0.15, 0.2) is 35.4 Å². The summed E-state index contributed by atoms with van der Waals surface area (Å²) >= 11 is 0. The van der Waals surface area contributed by atoms with Gasteiger partial charge in [0.2, 0.25) is 0 Å². The standard InChI is InChI=1S/C13H15N3O5/c1-13(21-11(18)8-5-3-2-4-6-8)9(7-15-16-14)20-12(19)10(13)17/h2-6,9-10,12,17,19H,7H2,1H3/t9-,10+,12+,13+/m1/s1. The van der Waals surface area contributed by atoms with Crippen molar-refractivity contribution < 1.29 is 24.5 Å². The summed E-state index contributed by atoms with van der Waals surface area (Å²) < 4.78 is 10.4. The zero-order valence-corrected chi connectivity index (χ0v) is 11.3. The number of aliphatic hydroxyl groups is 2. The fourth-order valence-electron chi connectivity index (χ4n) is 2.15. The van der Waals surface area contributed by atoms with Gasteiger partial charge in [-0.3, -0.25) is 0 Å². The number of nitrogens with zero attached hydrogens (tertiary/aromatic N) is 3. The summed E-state index contributed by atoms with van der Waals surface area (Å²) in [5.41, 5.74) is 7.15. The van der Waals surface area contributed by atoms with Gasteiger partial charge in [0.15, 0.2) is 11.9 Å². The van der Waals surface area contributed by atoms with Crippen LogP contribution in [0, 0.1) is 0 Å². The Morgan fingerprint density at radius 1 is 1.48 bits per heavy atom. The second-order valence-corrected chi connectivity index (χ2v) is 4.81. The van der Waals surface area contributed by atoms with Gasteiger partial charge in [0.05, 0.1) is 12.1 Å². The second kappa shape index (κ2) is 6.11. The van der Waals surface area contributed by atoms with Crippen LogP contribution < -0.4 is 0 Å². The molecule has 1 saturated heterocycles. The molecule has 4 atom stereocenters. The summed E-state index contributed by atoms with van der Waals surface area (Å²) in [5.74, 6) is -0.666. The van der Waals surface area contributed by atoms with Crippen LogP contribution in [0.2, 0.25) is 0 Å². The van der Waals surface area contributed by atoms with Crippen molar-refractivity contribution in [3.63, 3.8) is 0 Å². The molecule has 0 unspecified atom stereocenters. The first-order valence-electron chi connectivity index (χ1n) is 6.30. The van der Waals surface area contributed by atoms with Gasteiger partial charge in [-0.25, -0.2) is 4.79 Å². The van der Waals surface area contributed by atoms with Crippen LogP contribution in [0.5, 0.6) is 0 Å². The van der Waals surface area contributed by atoms with E-state index in [0.29, 0.717) is 5.56 Å². The third-order valence-electron chi connectivity index (χ3n) is 3.43. The topological polar surface area (TPSA) is 125 Å². The van der Waals surface area contributed by atoms with Crippen LogP contribution >= 0.6 is 0 Å². The molecular formula is C13H15N3O5. The first-order chi connectivity index (χ1) is 9.99. The lowest BCUT2D eigenvalue weighted by molar-refractivity contribution is -0.126. The highest BCUT2D eigenvalue weighted by Gasteiger charge is 2.55. The number of ether oxygens (including phenoxy) is 2. The Bertz CT molecular complexity index is 560. The number of carbonyl (C=O) groups is 1. The van der Waals surface area contributed by atoms with Crippen molar-refractivity contribution in [2.45, 2.75) is 31.0 Å². The van der Waals surface area contributed by atoms with E-state index in [4.69, 9.17) is 15.0 Å². The van der Waals surface area contributed by atoms with Gasteiger partial charge in [0.25, 0.3) is 0 Å². The van der Waals surface area contributed by atoms with Crippen LogP contribution in [0.3, 0.4) is 0 Å². The minimum atomic E-state index is -1.52. The smallest absolute Gasteiger partial charge is 0.338 e. The van der Waals surface area contributed by atoms with Crippen LogP contribution in [-0.4, -0.2) is 46.8 Å². The van der Waals surface area contributed by atoms with E-state index in [9.17, 15) is 15.0 Å². The Labute approximate surface area is 120 Å². The Morgan fingerprint density at radius 2 is 2.14 bits per heavy atom. The number of benzene rings is 1. The maximum atomic E-state index is 12.1. The molecule has 112 valence electrons. The highest BCUT2D eigenvalue weighted by atomic mass is 16.7. The highest BCUT2D eigenvalue weighted by molar-refractivity contribution is 5.89. The predicted molar refractivity (Wildman–Crippen MR) is 71.2 cm³/mol. The van der Waals surface area contributed by atoms with Gasteiger partial charge < -0.3 is 19.7 Å². The quantitative estimate of drug-likeness (QED) is 0.370. The molecule has 0 aliphatic carbocycles. The Morgan fingerprint density at radius 3 is 2.76 bits per heavy atom. The van der Waals surface area contributed by atoms with Crippen molar-refractivity contribution in [1.82, 2.24) is 0 Å². The van der Waals surface area contributed by atoms with Crippen molar-refractivity contribution in [3.05, 3.63) is 46.3 Å². The van der Waals surface area contributed by atoms with E-state index in [2.05, 4.69) is 10.0 Å². The van der Waals surface area contributed by atoms with Gasteiger partial charge >= 0.3 is 5.97 Å². The molecule has 1 aromatic rings. The van der Waals surface area contributed by atoms with Gasteiger partial charge in [-0.2, -0.15) is 0 Å². The highest BCUT2D eigenvalue weighted by Crippen LogP contribution is 2.34. The molecule has 1 heterocycles. The van der Waals surface area contributed by atoms with Gasteiger partial charge in [0, 0.05) is 4.91 Å². The summed E-state index contributed by atoms with van der Waals surface area (Å²) in [6.45, 7) is 1.25. The van der Waals surface area contributed by atoms with E-state index < -0.39 is 30.1 Å². The Kier molecular flexibility index (Phi) is 4.44. The van der Waals surface area contributed by atoms with Crippen molar-refractivity contribution >= 4 is 5.97 Å². The van der Waals surface area contributed by atoms with Crippen molar-refractivity contribution in [2.24, 2.45) is 5.11 Å². The average molecular weight is 293 g/mol. The predicted octanol–water partition coefficient (Wildman–Crippen LogP) is 0.990.